The summed E-state index contributed by atoms with van der Waals surface area (Å²) in [6, 6.07) is 6.87. The van der Waals surface area contributed by atoms with Gasteiger partial charge in [-0.2, -0.15) is 5.10 Å². The number of aromatic nitrogens is 2. The molecule has 1 N–H and O–H groups in total. The van der Waals surface area contributed by atoms with Gasteiger partial charge < -0.3 is 5.32 Å². The van der Waals surface area contributed by atoms with Crippen LogP contribution in [0.5, 0.6) is 0 Å². The molecule has 3 rings (SSSR count). The average molecular weight is 304 g/mol. The summed E-state index contributed by atoms with van der Waals surface area (Å²) in [5, 5.41) is 8.98. The fourth-order valence-corrected chi connectivity index (χ4v) is 2.81. The number of hydrogen-bond acceptors (Lipinski definition) is 2. The minimum absolute atomic E-state index is 0.393. The molecule has 0 bridgehead atoms. The number of halogens is 1. The number of aryl methyl sites for hydroxylation is 1. The number of rotatable bonds is 5. The molecule has 3 nitrogen and oxygen atoms in total. The van der Waals surface area contributed by atoms with Crippen LogP contribution in [0.25, 0.3) is 11.1 Å². The predicted octanol–water partition coefficient (Wildman–Crippen LogP) is 4.12. The highest BCUT2D eigenvalue weighted by atomic mass is 35.5. The average Bonchev–Trinajstić information content (AvgIpc) is 3.18. The first kappa shape index (κ1) is 14.6. The van der Waals surface area contributed by atoms with E-state index in [0.29, 0.717) is 12.0 Å². The Morgan fingerprint density at radius 2 is 2.10 bits per heavy atom. The molecule has 0 unspecified atom stereocenters. The van der Waals surface area contributed by atoms with Crippen LogP contribution in [0.15, 0.2) is 24.4 Å². The summed E-state index contributed by atoms with van der Waals surface area (Å²) < 4.78 is 1.89. The molecule has 21 heavy (non-hydrogen) atoms. The topological polar surface area (TPSA) is 29.9 Å². The van der Waals surface area contributed by atoms with E-state index in [0.717, 1.165) is 17.3 Å². The van der Waals surface area contributed by atoms with Crippen LogP contribution in [-0.4, -0.2) is 15.8 Å². The van der Waals surface area contributed by atoms with Gasteiger partial charge in [0.2, 0.25) is 0 Å². The van der Waals surface area contributed by atoms with Crippen molar-refractivity contribution >= 4 is 11.6 Å². The fourth-order valence-electron chi connectivity index (χ4n) is 2.63. The summed E-state index contributed by atoms with van der Waals surface area (Å²) in [4.78, 5) is 0. The highest BCUT2D eigenvalue weighted by Gasteiger charge is 2.21. The molecule has 1 fully saturated rings. The maximum Gasteiger partial charge on any atom is 0.0728 e. The predicted molar refractivity (Wildman–Crippen MR) is 87.6 cm³/mol. The van der Waals surface area contributed by atoms with E-state index in [1.54, 1.807) is 0 Å². The van der Waals surface area contributed by atoms with E-state index in [4.69, 9.17) is 11.6 Å². The van der Waals surface area contributed by atoms with Crippen molar-refractivity contribution in [2.75, 3.05) is 0 Å². The molecule has 0 atom stereocenters. The van der Waals surface area contributed by atoms with Crippen LogP contribution in [0.1, 0.15) is 43.9 Å². The normalized spacial score (nSPS) is 14.9. The lowest BCUT2D eigenvalue weighted by Gasteiger charge is -2.12. The molecule has 1 saturated carbocycles. The zero-order chi connectivity index (χ0) is 15.0. The van der Waals surface area contributed by atoms with Crippen molar-refractivity contribution < 1.29 is 0 Å². The van der Waals surface area contributed by atoms with Gasteiger partial charge in [0.15, 0.2) is 0 Å². The molecule has 0 aliphatic heterocycles. The van der Waals surface area contributed by atoms with Crippen LogP contribution in [0.4, 0.5) is 0 Å². The van der Waals surface area contributed by atoms with Crippen molar-refractivity contribution in [3.05, 3.63) is 40.7 Å². The maximum atomic E-state index is 6.23. The van der Waals surface area contributed by atoms with Crippen LogP contribution in [0, 0.1) is 0 Å². The highest BCUT2D eigenvalue weighted by Crippen LogP contribution is 2.33. The lowest BCUT2D eigenvalue weighted by molar-refractivity contribution is 0.688. The molecule has 1 aromatic carbocycles. The molecule has 0 saturated heterocycles. The van der Waals surface area contributed by atoms with E-state index >= 15 is 0 Å². The minimum atomic E-state index is 0.393. The van der Waals surface area contributed by atoms with E-state index in [-0.39, 0.29) is 0 Å². The van der Waals surface area contributed by atoms with Gasteiger partial charge in [0.25, 0.3) is 0 Å². The van der Waals surface area contributed by atoms with Crippen molar-refractivity contribution in [2.45, 2.75) is 45.2 Å². The second-order valence-electron chi connectivity index (χ2n) is 6.21. The van der Waals surface area contributed by atoms with Gasteiger partial charge in [-0.15, -0.1) is 0 Å². The molecule has 1 aliphatic carbocycles. The minimum Gasteiger partial charge on any atom is -0.310 e. The summed E-state index contributed by atoms with van der Waals surface area (Å²) in [6.45, 7) is 5.25. The van der Waals surface area contributed by atoms with Crippen LogP contribution < -0.4 is 5.32 Å². The van der Waals surface area contributed by atoms with Gasteiger partial charge in [-0.05, 0) is 42.0 Å². The molecule has 2 aromatic rings. The first-order chi connectivity index (χ1) is 10.0. The highest BCUT2D eigenvalue weighted by molar-refractivity contribution is 6.30. The van der Waals surface area contributed by atoms with E-state index in [2.05, 4.69) is 42.6 Å². The molecule has 0 spiro atoms. The SMILES string of the molecule is CC(C)c1nn(C)cc1-c1cc(Cl)ccc1CNC1CC1. The van der Waals surface area contributed by atoms with Crippen molar-refractivity contribution in [1.29, 1.82) is 0 Å². The van der Waals surface area contributed by atoms with Gasteiger partial charge >= 0.3 is 0 Å². The monoisotopic (exact) mass is 303 g/mol. The van der Waals surface area contributed by atoms with Gasteiger partial charge in [0.05, 0.1) is 5.69 Å². The maximum absolute atomic E-state index is 6.23. The molecule has 0 radical (unpaired) electrons. The third kappa shape index (κ3) is 3.30. The van der Waals surface area contributed by atoms with Gasteiger partial charge in [0.1, 0.15) is 0 Å². The molecule has 0 amide bonds. The lowest BCUT2D eigenvalue weighted by atomic mass is 9.96. The van der Waals surface area contributed by atoms with Crippen LogP contribution >= 0.6 is 11.6 Å². The molecular formula is C17H22ClN3. The number of nitrogens with one attached hydrogen (secondary N) is 1. The largest absolute Gasteiger partial charge is 0.310 e. The fraction of sp³-hybridized carbons (Fsp3) is 0.471. The van der Waals surface area contributed by atoms with E-state index < -0.39 is 0 Å². The third-order valence-electron chi connectivity index (χ3n) is 3.92. The Kier molecular flexibility index (Phi) is 4.05. The Balaban J connectivity index is 2.00. The summed E-state index contributed by atoms with van der Waals surface area (Å²) in [5.41, 5.74) is 4.82. The Labute approximate surface area is 131 Å². The Morgan fingerprint density at radius 1 is 1.33 bits per heavy atom. The molecule has 1 aromatic heterocycles. The second-order valence-corrected chi connectivity index (χ2v) is 6.65. The first-order valence-corrected chi connectivity index (χ1v) is 7.98. The van der Waals surface area contributed by atoms with Crippen molar-refractivity contribution in [2.24, 2.45) is 7.05 Å². The van der Waals surface area contributed by atoms with E-state index in [9.17, 15) is 0 Å². The van der Waals surface area contributed by atoms with Gasteiger partial charge in [-0.3, -0.25) is 4.68 Å². The number of hydrogen-bond donors (Lipinski definition) is 1. The summed E-state index contributed by atoms with van der Waals surface area (Å²) in [5.74, 6) is 0.393. The summed E-state index contributed by atoms with van der Waals surface area (Å²) in [7, 11) is 1.97. The molecule has 112 valence electrons. The molecular weight excluding hydrogens is 282 g/mol. The first-order valence-electron chi connectivity index (χ1n) is 7.60. The van der Waals surface area contributed by atoms with Crippen LogP contribution in [0.2, 0.25) is 5.02 Å². The second kappa shape index (κ2) is 5.82. The smallest absolute Gasteiger partial charge is 0.0728 e. The van der Waals surface area contributed by atoms with Crippen LogP contribution in [0.3, 0.4) is 0 Å². The van der Waals surface area contributed by atoms with Gasteiger partial charge in [-0.1, -0.05) is 31.5 Å². The Hall–Kier alpha value is -1.32. The number of benzene rings is 1. The standard InChI is InChI=1S/C17H22ClN3/c1-11(2)17-16(10-21(3)20-17)15-8-13(18)5-4-12(15)9-19-14-6-7-14/h4-5,8,10-11,14,19H,6-7,9H2,1-3H3. The van der Waals surface area contributed by atoms with Gasteiger partial charge in [-0.25, -0.2) is 0 Å². The zero-order valence-corrected chi connectivity index (χ0v) is 13.6. The lowest BCUT2D eigenvalue weighted by Crippen LogP contribution is -2.16. The van der Waals surface area contributed by atoms with Crippen molar-refractivity contribution in [1.82, 2.24) is 15.1 Å². The third-order valence-corrected chi connectivity index (χ3v) is 4.16. The van der Waals surface area contributed by atoms with Crippen molar-refractivity contribution in [3.63, 3.8) is 0 Å². The van der Waals surface area contributed by atoms with Crippen molar-refractivity contribution in [3.8, 4) is 11.1 Å². The zero-order valence-electron chi connectivity index (χ0n) is 12.9. The molecule has 1 heterocycles. The van der Waals surface area contributed by atoms with Gasteiger partial charge in [0, 0.05) is 36.4 Å². The summed E-state index contributed by atoms with van der Waals surface area (Å²) in [6.07, 6.45) is 4.70. The quantitative estimate of drug-likeness (QED) is 0.900. The van der Waals surface area contributed by atoms with Crippen LogP contribution in [-0.2, 0) is 13.6 Å². The number of nitrogens with zero attached hydrogens (tertiary/aromatic N) is 2. The van der Waals surface area contributed by atoms with E-state index in [1.165, 1.54) is 29.5 Å². The Bertz CT molecular complexity index is 641. The van der Waals surface area contributed by atoms with E-state index in [1.807, 2.05) is 17.8 Å². The molecule has 1 aliphatic rings. The molecule has 4 heteroatoms. The summed E-state index contributed by atoms with van der Waals surface area (Å²) >= 11 is 6.23. The Morgan fingerprint density at radius 3 is 2.76 bits per heavy atom.